The van der Waals surface area contributed by atoms with E-state index < -0.39 is 66.8 Å². The number of nitrogen functional groups attached to an aromatic ring is 1. The molecule has 0 bridgehead atoms. The molecule has 0 saturated carbocycles. The number of carbonyl (C=O) groups excluding carboxylic acids is 4. The molecule has 4 aromatic rings. The molecule has 0 spiro atoms. The number of thiocarbonyl (C=S) groups is 1. The van der Waals surface area contributed by atoms with Crippen LogP contribution < -0.4 is 11.1 Å². The van der Waals surface area contributed by atoms with Crippen LogP contribution in [0.15, 0.2) is 108 Å². The fourth-order valence-electron chi connectivity index (χ4n) is 7.67. The third-order valence-electron chi connectivity index (χ3n) is 10.5. The van der Waals surface area contributed by atoms with E-state index in [0.717, 1.165) is 32.7 Å². The van der Waals surface area contributed by atoms with E-state index in [2.05, 4.69) is 17.4 Å². The van der Waals surface area contributed by atoms with Gasteiger partial charge in [-0.25, -0.2) is 0 Å². The molecule has 0 radical (unpaired) electrons. The van der Waals surface area contributed by atoms with Crippen LogP contribution in [0, 0.1) is 0 Å². The Morgan fingerprint density at radius 1 is 0.667 bits per heavy atom. The number of thioether (sulfide) groups is 1. The van der Waals surface area contributed by atoms with Gasteiger partial charge >= 0.3 is 23.9 Å². The van der Waals surface area contributed by atoms with Crippen LogP contribution in [0.3, 0.4) is 0 Å². The van der Waals surface area contributed by atoms with Crippen molar-refractivity contribution in [3.05, 3.63) is 131 Å². The largest absolute Gasteiger partial charge is 0.463 e. The zero-order chi connectivity index (χ0) is 45.0. The summed E-state index contributed by atoms with van der Waals surface area (Å²) >= 11 is 7.37. The molecule has 9 atom stereocenters. The molecule has 2 saturated heterocycles. The number of rotatable bonds is 16. The summed E-state index contributed by atoms with van der Waals surface area (Å²) in [6, 6.07) is 33.5. The maximum atomic E-state index is 12.3. The van der Waals surface area contributed by atoms with Crippen molar-refractivity contribution < 1.29 is 57.4 Å². The van der Waals surface area contributed by atoms with Crippen molar-refractivity contribution in [1.29, 1.82) is 0 Å². The van der Waals surface area contributed by atoms with E-state index in [1.54, 1.807) is 11.8 Å². The summed E-state index contributed by atoms with van der Waals surface area (Å²) in [6.45, 7) is 4.64. The van der Waals surface area contributed by atoms with E-state index in [0.29, 0.717) is 23.0 Å². The van der Waals surface area contributed by atoms with Crippen molar-refractivity contribution in [2.24, 2.45) is 0 Å². The van der Waals surface area contributed by atoms with E-state index in [1.807, 2.05) is 91.0 Å². The normalized spacial score (nSPS) is 24.4. The van der Waals surface area contributed by atoms with Gasteiger partial charge in [-0.15, -0.1) is 11.8 Å². The fraction of sp³-hybridized carbons (Fsp3) is 0.383. The lowest BCUT2D eigenvalue weighted by Crippen LogP contribution is -2.62. The Kier molecular flexibility index (Phi) is 16.7. The maximum absolute atomic E-state index is 12.3. The smallest absolute Gasteiger partial charge is 0.303 e. The molecule has 2 aliphatic heterocycles. The minimum Gasteiger partial charge on any atom is -0.463 e. The predicted octanol–water partition coefficient (Wildman–Crippen LogP) is 6.43. The Bertz CT molecular complexity index is 2190. The first-order valence-corrected chi connectivity index (χ1v) is 21.9. The van der Waals surface area contributed by atoms with Crippen molar-refractivity contribution in [2.75, 3.05) is 18.1 Å². The molecule has 14 nitrogen and oxygen atoms in total. The highest BCUT2D eigenvalue weighted by Crippen LogP contribution is 2.48. The lowest BCUT2D eigenvalue weighted by Gasteiger charge is -2.44. The second kappa shape index (κ2) is 22.3. The van der Waals surface area contributed by atoms with E-state index >= 15 is 0 Å². The summed E-state index contributed by atoms with van der Waals surface area (Å²) in [6.07, 6.45) is -7.23. The first-order chi connectivity index (χ1) is 30.3. The van der Waals surface area contributed by atoms with E-state index in [4.69, 9.17) is 51.1 Å². The van der Waals surface area contributed by atoms with Gasteiger partial charge in [0.15, 0.2) is 24.6 Å². The van der Waals surface area contributed by atoms with Crippen molar-refractivity contribution in [2.45, 2.75) is 107 Å². The number of anilines is 1. The SMILES string of the molecule is CC(=O)OC[C@H]1O[C@@H](CC(=S)NCc2ccc(C3O[C@H](CSc4ccccc4N)[C@@H](c4ccccc4)[C@H](c4ccc(CO)cc4)O3)cc2)[C@H](OC(C)=O)[C@@H](OC(C)=O)[C@@H]1OC(C)=O. The van der Waals surface area contributed by atoms with Crippen LogP contribution in [0.1, 0.15) is 80.2 Å². The van der Waals surface area contributed by atoms with Crippen molar-refractivity contribution in [3.63, 3.8) is 0 Å². The average molecular weight is 901 g/mol. The molecule has 2 aliphatic rings. The van der Waals surface area contributed by atoms with Gasteiger partial charge < -0.3 is 49.3 Å². The van der Waals surface area contributed by atoms with Gasteiger partial charge in [-0.05, 0) is 34.4 Å². The number of para-hydroxylation sites is 1. The second-order valence-corrected chi connectivity index (χ2v) is 16.8. The molecule has 0 aromatic heterocycles. The number of aliphatic hydroxyl groups is 1. The number of esters is 4. The zero-order valence-electron chi connectivity index (χ0n) is 35.4. The Morgan fingerprint density at radius 3 is 1.87 bits per heavy atom. The Balaban J connectivity index is 1.19. The predicted molar refractivity (Wildman–Crippen MR) is 237 cm³/mol. The monoisotopic (exact) mass is 900 g/mol. The summed E-state index contributed by atoms with van der Waals surface area (Å²) in [5.74, 6) is -2.31. The Labute approximate surface area is 376 Å². The van der Waals surface area contributed by atoms with Gasteiger partial charge in [0.25, 0.3) is 0 Å². The summed E-state index contributed by atoms with van der Waals surface area (Å²) in [4.78, 5) is 49.7. The van der Waals surface area contributed by atoms with Crippen molar-refractivity contribution in [3.8, 4) is 0 Å². The molecule has 2 fully saturated rings. The second-order valence-electron chi connectivity index (χ2n) is 15.2. The molecule has 63 heavy (non-hydrogen) atoms. The molecule has 1 unspecified atom stereocenters. The summed E-state index contributed by atoms with van der Waals surface area (Å²) < 4.78 is 41.8. The molecule has 6 rings (SSSR count). The molecule has 4 aromatic carbocycles. The molecular formula is C47H52N2O12S2. The summed E-state index contributed by atoms with van der Waals surface area (Å²) in [5.41, 5.74) is 11.5. The van der Waals surface area contributed by atoms with Crippen LogP contribution >= 0.6 is 24.0 Å². The molecule has 0 amide bonds. The van der Waals surface area contributed by atoms with Gasteiger partial charge in [0.1, 0.15) is 18.8 Å². The van der Waals surface area contributed by atoms with Crippen molar-refractivity contribution >= 4 is 58.5 Å². The van der Waals surface area contributed by atoms with Crippen molar-refractivity contribution in [1.82, 2.24) is 5.32 Å². The van der Waals surface area contributed by atoms with Crippen LogP contribution in [0.4, 0.5) is 5.69 Å². The highest BCUT2D eigenvalue weighted by Gasteiger charge is 2.52. The lowest BCUT2D eigenvalue weighted by molar-refractivity contribution is -0.255. The third-order valence-corrected chi connectivity index (χ3v) is 12.0. The highest BCUT2D eigenvalue weighted by molar-refractivity contribution is 7.99. The number of ether oxygens (including phenoxy) is 7. The number of aliphatic hydroxyl groups excluding tert-OH is 1. The van der Waals surface area contributed by atoms with Gasteiger partial charge in [0, 0.05) is 68.5 Å². The van der Waals surface area contributed by atoms with Gasteiger partial charge in [0.2, 0.25) is 0 Å². The first-order valence-electron chi connectivity index (χ1n) is 20.5. The average Bonchev–Trinajstić information content (AvgIpc) is 3.26. The fourth-order valence-corrected chi connectivity index (χ4v) is 8.94. The summed E-state index contributed by atoms with van der Waals surface area (Å²) in [7, 11) is 0. The molecule has 16 heteroatoms. The Morgan fingerprint density at radius 2 is 1.25 bits per heavy atom. The molecule has 4 N–H and O–H groups in total. The molecule has 2 heterocycles. The maximum Gasteiger partial charge on any atom is 0.303 e. The zero-order valence-corrected chi connectivity index (χ0v) is 37.0. The van der Waals surface area contributed by atoms with Crippen LogP contribution in [0.5, 0.6) is 0 Å². The molecule has 334 valence electrons. The van der Waals surface area contributed by atoms with Crippen LogP contribution in [-0.2, 0) is 65.5 Å². The molecule has 0 aliphatic carbocycles. The van der Waals surface area contributed by atoms with E-state index in [1.165, 1.54) is 27.7 Å². The molecular weight excluding hydrogens is 849 g/mol. The van der Waals surface area contributed by atoms with E-state index in [9.17, 15) is 24.3 Å². The van der Waals surface area contributed by atoms with Gasteiger partial charge in [-0.3, -0.25) is 19.2 Å². The topological polar surface area (TPSA) is 191 Å². The van der Waals surface area contributed by atoms with Gasteiger partial charge in [-0.1, -0.05) is 103 Å². The van der Waals surface area contributed by atoms with Crippen LogP contribution in [0.25, 0.3) is 0 Å². The van der Waals surface area contributed by atoms with Crippen LogP contribution in [-0.4, -0.2) is 83.0 Å². The minimum absolute atomic E-state index is 0.00747. The van der Waals surface area contributed by atoms with Gasteiger partial charge in [0.05, 0.1) is 23.8 Å². The number of nitrogens with one attached hydrogen (secondary N) is 1. The standard InChI is InChI=1S/C47H52N2O12S2/c1-27(51)55-25-38-45(57-29(3)53)46(58-30(4)54)44(56-28(2)52)37(59-38)22-41(62)49-23-31-14-20-35(21-15-31)47-60-39(26-63-40-13-9-8-12-36(40)48)42(33-10-6-5-7-11-33)43(61-47)34-18-16-32(24-50)17-19-34/h5-21,37-39,42-47,50H,22-26,48H2,1-4H3,(H,49,62)/t37-,38+,39+,42+,43-,44-,45+,46+,47?/m0/s1. The number of hydrogen-bond donors (Lipinski definition) is 3. The number of nitrogens with two attached hydrogens (primary N) is 1. The minimum atomic E-state index is -1.29. The number of benzene rings is 4. The Hall–Kier alpha value is -5.36. The lowest BCUT2D eigenvalue weighted by atomic mass is 9.84. The number of hydrogen-bond acceptors (Lipinski definition) is 15. The first kappa shape index (κ1) is 47.1. The highest BCUT2D eigenvalue weighted by atomic mass is 32.2. The third kappa shape index (κ3) is 12.9. The summed E-state index contributed by atoms with van der Waals surface area (Å²) in [5, 5.41) is 13.0. The van der Waals surface area contributed by atoms with E-state index in [-0.39, 0.29) is 31.7 Å². The quantitative estimate of drug-likeness (QED) is 0.0367. The van der Waals surface area contributed by atoms with Gasteiger partial charge in [-0.2, -0.15) is 0 Å². The van der Waals surface area contributed by atoms with Crippen LogP contribution in [0.2, 0.25) is 0 Å². The number of carbonyl (C=O) groups is 4.